The Morgan fingerprint density at radius 1 is 1.44 bits per heavy atom. The summed E-state index contributed by atoms with van der Waals surface area (Å²) >= 11 is 0. The SMILES string of the molecule is CC[C@@H](O)CN1C(=O)[C@@H]2CCCCN2C1=O. The highest BCUT2D eigenvalue weighted by Crippen LogP contribution is 2.26. The fourth-order valence-corrected chi connectivity index (χ4v) is 2.35. The molecular formula is C11H18N2O3. The van der Waals surface area contributed by atoms with Crippen molar-refractivity contribution in [3.8, 4) is 0 Å². The number of fused-ring (bicyclic) bond motifs is 1. The largest absolute Gasteiger partial charge is 0.391 e. The van der Waals surface area contributed by atoms with Crippen molar-refractivity contribution < 1.29 is 14.7 Å². The number of aliphatic hydroxyl groups is 1. The minimum absolute atomic E-state index is 0.128. The molecule has 1 N–H and O–H groups in total. The number of urea groups is 1. The van der Waals surface area contributed by atoms with Crippen LogP contribution in [-0.4, -0.2) is 52.1 Å². The molecule has 2 atom stereocenters. The van der Waals surface area contributed by atoms with Gasteiger partial charge in [0.1, 0.15) is 6.04 Å². The molecule has 0 unspecified atom stereocenters. The van der Waals surface area contributed by atoms with Crippen molar-refractivity contribution >= 4 is 11.9 Å². The molecule has 0 aromatic carbocycles. The first-order valence-corrected chi connectivity index (χ1v) is 5.95. The van der Waals surface area contributed by atoms with E-state index in [1.54, 1.807) is 4.90 Å². The quantitative estimate of drug-likeness (QED) is 0.716. The van der Waals surface area contributed by atoms with Crippen LogP contribution in [0.5, 0.6) is 0 Å². The lowest BCUT2D eigenvalue weighted by Gasteiger charge is -2.26. The number of aliphatic hydroxyl groups excluding tert-OH is 1. The van der Waals surface area contributed by atoms with Crippen LogP contribution in [0, 0.1) is 0 Å². The van der Waals surface area contributed by atoms with E-state index in [4.69, 9.17) is 0 Å². The smallest absolute Gasteiger partial charge is 0.327 e. The van der Waals surface area contributed by atoms with E-state index in [1.165, 1.54) is 4.90 Å². The lowest BCUT2D eigenvalue weighted by Crippen LogP contribution is -2.39. The minimum Gasteiger partial charge on any atom is -0.391 e. The topological polar surface area (TPSA) is 60.9 Å². The second-order valence-electron chi connectivity index (χ2n) is 4.50. The predicted octanol–water partition coefficient (Wildman–Crippen LogP) is 0.574. The molecule has 0 aliphatic carbocycles. The Labute approximate surface area is 95.0 Å². The van der Waals surface area contributed by atoms with E-state index in [0.29, 0.717) is 13.0 Å². The summed E-state index contributed by atoms with van der Waals surface area (Å²) < 4.78 is 0. The highest BCUT2D eigenvalue weighted by molar-refractivity contribution is 6.04. The van der Waals surface area contributed by atoms with Crippen LogP contribution in [0.15, 0.2) is 0 Å². The zero-order chi connectivity index (χ0) is 11.7. The summed E-state index contributed by atoms with van der Waals surface area (Å²) in [5.41, 5.74) is 0. The van der Waals surface area contributed by atoms with Crippen molar-refractivity contribution in [2.24, 2.45) is 0 Å². The molecular weight excluding hydrogens is 208 g/mol. The van der Waals surface area contributed by atoms with Gasteiger partial charge in [-0.2, -0.15) is 0 Å². The molecule has 5 heteroatoms. The highest BCUT2D eigenvalue weighted by Gasteiger charge is 2.45. The van der Waals surface area contributed by atoms with Crippen LogP contribution in [0.2, 0.25) is 0 Å². The van der Waals surface area contributed by atoms with Crippen LogP contribution in [-0.2, 0) is 4.79 Å². The van der Waals surface area contributed by atoms with E-state index in [-0.39, 0.29) is 24.5 Å². The maximum absolute atomic E-state index is 12.0. The summed E-state index contributed by atoms with van der Waals surface area (Å²) in [6, 6.07) is -0.479. The Kier molecular flexibility index (Phi) is 3.14. The molecule has 0 radical (unpaired) electrons. The second kappa shape index (κ2) is 4.41. The van der Waals surface area contributed by atoms with E-state index in [0.717, 1.165) is 19.3 Å². The monoisotopic (exact) mass is 226 g/mol. The molecule has 0 bridgehead atoms. The third-order valence-corrected chi connectivity index (χ3v) is 3.40. The Hall–Kier alpha value is -1.10. The molecule has 0 spiro atoms. The molecule has 0 aromatic heterocycles. The number of rotatable bonds is 3. The van der Waals surface area contributed by atoms with Gasteiger partial charge in [0.2, 0.25) is 0 Å². The van der Waals surface area contributed by atoms with Crippen LogP contribution >= 0.6 is 0 Å². The molecule has 2 aliphatic heterocycles. The fraction of sp³-hybridized carbons (Fsp3) is 0.818. The molecule has 16 heavy (non-hydrogen) atoms. The van der Waals surface area contributed by atoms with Gasteiger partial charge in [-0.25, -0.2) is 4.79 Å². The lowest BCUT2D eigenvalue weighted by molar-refractivity contribution is -0.129. The number of amides is 3. The zero-order valence-corrected chi connectivity index (χ0v) is 9.56. The van der Waals surface area contributed by atoms with Crippen LogP contribution in [0.1, 0.15) is 32.6 Å². The summed E-state index contributed by atoms with van der Waals surface area (Å²) in [7, 11) is 0. The average Bonchev–Trinajstić information content (AvgIpc) is 2.55. The number of carbonyl (C=O) groups is 2. The van der Waals surface area contributed by atoms with Gasteiger partial charge < -0.3 is 10.0 Å². The summed E-state index contributed by atoms with van der Waals surface area (Å²) in [4.78, 5) is 26.7. The predicted molar refractivity (Wildman–Crippen MR) is 57.8 cm³/mol. The van der Waals surface area contributed by atoms with Crippen LogP contribution < -0.4 is 0 Å². The van der Waals surface area contributed by atoms with Crippen molar-refractivity contribution in [3.05, 3.63) is 0 Å². The molecule has 0 aromatic rings. The first-order valence-electron chi connectivity index (χ1n) is 5.95. The van der Waals surface area contributed by atoms with E-state index in [9.17, 15) is 14.7 Å². The van der Waals surface area contributed by atoms with Crippen molar-refractivity contribution in [1.29, 1.82) is 0 Å². The molecule has 2 aliphatic rings. The molecule has 0 saturated carbocycles. The van der Waals surface area contributed by atoms with Gasteiger partial charge in [-0.15, -0.1) is 0 Å². The second-order valence-corrected chi connectivity index (χ2v) is 4.50. The van der Waals surface area contributed by atoms with Crippen molar-refractivity contribution in [1.82, 2.24) is 9.80 Å². The minimum atomic E-state index is -0.603. The van der Waals surface area contributed by atoms with Gasteiger partial charge >= 0.3 is 6.03 Å². The van der Waals surface area contributed by atoms with Crippen LogP contribution in [0.4, 0.5) is 4.79 Å². The summed E-state index contributed by atoms with van der Waals surface area (Å²) in [5.74, 6) is -0.128. The summed E-state index contributed by atoms with van der Waals surface area (Å²) in [5, 5.41) is 9.52. The van der Waals surface area contributed by atoms with E-state index in [1.807, 2.05) is 6.92 Å². The molecule has 2 rings (SSSR count). The number of imide groups is 1. The zero-order valence-electron chi connectivity index (χ0n) is 9.56. The summed E-state index contributed by atoms with van der Waals surface area (Å²) in [6.45, 7) is 2.65. The Bertz CT molecular complexity index is 282. The Balaban J connectivity index is 2.09. The molecule has 2 saturated heterocycles. The van der Waals surface area contributed by atoms with Crippen molar-refractivity contribution in [2.45, 2.75) is 44.8 Å². The first kappa shape index (κ1) is 11.4. The molecule has 2 fully saturated rings. The lowest BCUT2D eigenvalue weighted by atomic mass is 10.0. The van der Waals surface area contributed by atoms with Gasteiger partial charge in [0.25, 0.3) is 5.91 Å². The van der Waals surface area contributed by atoms with Gasteiger partial charge in [-0.05, 0) is 25.7 Å². The maximum Gasteiger partial charge on any atom is 0.327 e. The number of piperidine rings is 1. The third kappa shape index (κ3) is 1.80. The standard InChI is InChI=1S/C11H18N2O3/c1-2-8(14)7-13-10(15)9-5-3-4-6-12(9)11(13)16/h8-9,14H,2-7H2,1H3/t8-,9+/m1/s1. The van der Waals surface area contributed by atoms with Gasteiger partial charge in [-0.1, -0.05) is 6.92 Å². The molecule has 2 heterocycles. The van der Waals surface area contributed by atoms with Gasteiger partial charge in [0.05, 0.1) is 12.6 Å². The Morgan fingerprint density at radius 2 is 2.19 bits per heavy atom. The highest BCUT2D eigenvalue weighted by atomic mass is 16.3. The van der Waals surface area contributed by atoms with E-state index < -0.39 is 6.10 Å². The fourth-order valence-electron chi connectivity index (χ4n) is 2.35. The number of hydrogen-bond acceptors (Lipinski definition) is 3. The van der Waals surface area contributed by atoms with Gasteiger partial charge in [0, 0.05) is 6.54 Å². The number of carbonyl (C=O) groups excluding carboxylic acids is 2. The van der Waals surface area contributed by atoms with E-state index >= 15 is 0 Å². The average molecular weight is 226 g/mol. The van der Waals surface area contributed by atoms with Gasteiger partial charge in [-0.3, -0.25) is 9.69 Å². The maximum atomic E-state index is 12.0. The van der Waals surface area contributed by atoms with Crippen molar-refractivity contribution in [3.63, 3.8) is 0 Å². The third-order valence-electron chi connectivity index (χ3n) is 3.40. The van der Waals surface area contributed by atoms with E-state index in [2.05, 4.69) is 0 Å². The number of β-amino-alcohol motifs (C(OH)–C–C–N with tert-alkyl or cyclic N) is 1. The number of hydrogen-bond donors (Lipinski definition) is 1. The van der Waals surface area contributed by atoms with Crippen LogP contribution in [0.3, 0.4) is 0 Å². The summed E-state index contributed by atoms with van der Waals surface area (Å²) in [6.07, 6.45) is 2.70. The Morgan fingerprint density at radius 3 is 2.81 bits per heavy atom. The van der Waals surface area contributed by atoms with Crippen molar-refractivity contribution in [2.75, 3.05) is 13.1 Å². The van der Waals surface area contributed by atoms with Crippen LogP contribution in [0.25, 0.3) is 0 Å². The number of nitrogens with zero attached hydrogens (tertiary/aromatic N) is 2. The first-order chi connectivity index (χ1) is 7.65. The molecule has 3 amide bonds. The molecule has 5 nitrogen and oxygen atoms in total. The molecule has 90 valence electrons. The van der Waals surface area contributed by atoms with Gasteiger partial charge in [0.15, 0.2) is 0 Å². The normalized spacial score (nSPS) is 27.2.